The Morgan fingerprint density at radius 3 is 2.04 bits per heavy atom. The second-order valence-electron chi connectivity index (χ2n) is 7.23. The Morgan fingerprint density at radius 2 is 1.41 bits per heavy atom. The minimum absolute atomic E-state index is 0. The van der Waals surface area contributed by atoms with Crippen molar-refractivity contribution in [3.8, 4) is 0 Å². The molecule has 1 aliphatic rings. The van der Waals surface area contributed by atoms with Crippen LogP contribution in [0.2, 0.25) is 0 Å². The van der Waals surface area contributed by atoms with Crippen LogP contribution >= 0.6 is 0 Å². The van der Waals surface area contributed by atoms with E-state index in [0.717, 1.165) is 0 Å². The Hall–Kier alpha value is -1.19. The molecule has 0 aliphatic heterocycles. The molecule has 4 radical (unpaired) electrons. The van der Waals surface area contributed by atoms with Crippen LogP contribution in [0.25, 0.3) is 33.4 Å². The molecule has 0 saturated heterocycles. The number of allylic oxidation sites excluding steroid dienone is 1. The summed E-state index contributed by atoms with van der Waals surface area (Å²) in [4.78, 5) is 0. The number of fused-ring (bicyclic) bond motifs is 5. The van der Waals surface area contributed by atoms with E-state index in [9.17, 15) is 0 Å². The van der Waals surface area contributed by atoms with E-state index in [2.05, 4.69) is 67.6 Å². The molecule has 4 rings (SSSR count). The molecule has 3 aromatic carbocycles. The van der Waals surface area contributed by atoms with Crippen molar-refractivity contribution in [2.45, 2.75) is 39.2 Å². The minimum atomic E-state index is -0.250. The van der Waals surface area contributed by atoms with Crippen LogP contribution in [0.3, 0.4) is 0 Å². The summed E-state index contributed by atoms with van der Waals surface area (Å²) < 4.78 is 0. The third-order valence-corrected chi connectivity index (χ3v) is 3.95. The predicted molar refractivity (Wildman–Crippen MR) is 120 cm³/mol. The molecule has 0 heterocycles. The topological polar surface area (TPSA) is 23.8 Å². The van der Waals surface area contributed by atoms with Crippen LogP contribution in [0.1, 0.15) is 44.7 Å². The summed E-state index contributed by atoms with van der Waals surface area (Å²) >= 11 is 0. The molecular weight excluding hydrogens is 378 g/mol. The van der Waals surface area contributed by atoms with Crippen LogP contribution < -0.4 is 0 Å². The SMILES string of the molecule is CC(C)(C)[NH-].CC1[C-]=Cc2c1ccc1c2ccc2ccccc21.[CH3-].[CH3-].[Si].[Ti+4]. The molecule has 0 saturated carbocycles. The molecule has 138 valence electrons. The van der Waals surface area contributed by atoms with Gasteiger partial charge in [-0.25, -0.2) is 6.08 Å². The summed E-state index contributed by atoms with van der Waals surface area (Å²) in [6.07, 6.45) is 5.55. The minimum Gasteiger partial charge on any atom is -0.673 e. The Morgan fingerprint density at radius 1 is 0.852 bits per heavy atom. The Kier molecular flexibility index (Phi) is 11.4. The van der Waals surface area contributed by atoms with E-state index < -0.39 is 0 Å². The van der Waals surface area contributed by atoms with Crippen molar-refractivity contribution < 1.29 is 21.7 Å². The monoisotopic (exact) mass is 407 g/mol. The molecule has 3 aromatic rings. The molecule has 0 fully saturated rings. The van der Waals surface area contributed by atoms with Gasteiger partial charge in [0.05, 0.1) is 0 Å². The predicted octanol–water partition coefficient (Wildman–Crippen LogP) is 7.28. The molecule has 1 N–H and O–H groups in total. The number of hydrogen-bond donors (Lipinski definition) is 0. The maximum absolute atomic E-state index is 6.94. The van der Waals surface area contributed by atoms with Gasteiger partial charge in [0, 0.05) is 11.0 Å². The summed E-state index contributed by atoms with van der Waals surface area (Å²) in [6, 6.07) is 17.6. The van der Waals surface area contributed by atoms with Crippen molar-refractivity contribution in [3.05, 3.63) is 86.3 Å². The van der Waals surface area contributed by atoms with Gasteiger partial charge in [0.1, 0.15) is 0 Å². The molecule has 1 atom stereocenters. The summed E-state index contributed by atoms with van der Waals surface area (Å²) in [5.41, 5.74) is 9.44. The van der Waals surface area contributed by atoms with Gasteiger partial charge in [-0.3, -0.25) is 6.08 Å². The molecule has 1 nitrogen and oxygen atoms in total. The van der Waals surface area contributed by atoms with Gasteiger partial charge in [0.2, 0.25) is 0 Å². The summed E-state index contributed by atoms with van der Waals surface area (Å²) in [5, 5.41) is 5.34. The first-order valence-corrected chi connectivity index (χ1v) is 8.13. The molecule has 27 heavy (non-hydrogen) atoms. The third-order valence-electron chi connectivity index (χ3n) is 3.95. The first-order valence-electron chi connectivity index (χ1n) is 8.13. The number of benzene rings is 3. The molecule has 0 aromatic heterocycles. The molecular formula is C24H29NSiTi. The van der Waals surface area contributed by atoms with Gasteiger partial charge >= 0.3 is 21.7 Å². The largest absolute Gasteiger partial charge is 4.00 e. The number of nitrogens with one attached hydrogen (secondary N) is 1. The summed E-state index contributed by atoms with van der Waals surface area (Å²) in [6.45, 7) is 7.77. The van der Waals surface area contributed by atoms with Crippen LogP contribution in [0, 0.1) is 20.9 Å². The second-order valence-corrected chi connectivity index (χ2v) is 7.23. The third kappa shape index (κ3) is 6.43. The van der Waals surface area contributed by atoms with Gasteiger partial charge in [-0.05, 0) is 16.2 Å². The number of rotatable bonds is 0. The maximum Gasteiger partial charge on any atom is 4.00 e. The Bertz CT molecular complexity index is 888. The van der Waals surface area contributed by atoms with Crippen LogP contribution in [0.4, 0.5) is 0 Å². The van der Waals surface area contributed by atoms with Crippen LogP contribution in [-0.2, 0) is 21.7 Å². The first kappa shape index (κ1) is 28.0. The van der Waals surface area contributed by atoms with Gasteiger partial charge in [-0.1, -0.05) is 87.5 Å². The first-order chi connectivity index (χ1) is 10.8. The quantitative estimate of drug-likeness (QED) is 0.212. The van der Waals surface area contributed by atoms with E-state index in [1.54, 1.807) is 0 Å². The van der Waals surface area contributed by atoms with Crippen LogP contribution in [-0.4, -0.2) is 16.5 Å². The van der Waals surface area contributed by atoms with Crippen molar-refractivity contribution in [2.24, 2.45) is 0 Å². The zero-order chi connectivity index (χ0) is 16.6. The van der Waals surface area contributed by atoms with Crippen LogP contribution in [0.5, 0.6) is 0 Å². The Labute approximate surface area is 185 Å². The van der Waals surface area contributed by atoms with E-state index in [-0.39, 0.29) is 53.1 Å². The summed E-state index contributed by atoms with van der Waals surface area (Å²) in [5.74, 6) is 0.427. The van der Waals surface area contributed by atoms with Crippen LogP contribution in [0.15, 0.2) is 48.5 Å². The zero-order valence-corrected chi connectivity index (χ0v) is 19.8. The van der Waals surface area contributed by atoms with Gasteiger partial charge in [0.25, 0.3) is 0 Å². The smallest absolute Gasteiger partial charge is 0.673 e. The molecule has 1 aliphatic carbocycles. The second kappa shape index (κ2) is 11.0. The van der Waals surface area contributed by atoms with E-state index >= 15 is 0 Å². The standard InChI is InChI=1S/C18H13.C4H10N.2CH3.Si.Ti/c1-12-6-8-16-14(12)10-11-17-15-5-3-2-4-13(15)7-9-18(16)17;1-4(2,3)5;;;;/h2-5,7-12H,1H3;5H,1-3H3;2*1H3;;/q4*-1;;+4. The van der Waals surface area contributed by atoms with E-state index in [4.69, 9.17) is 5.73 Å². The average Bonchev–Trinajstić information content (AvgIpc) is 2.87. The van der Waals surface area contributed by atoms with Crippen molar-refractivity contribution in [3.63, 3.8) is 0 Å². The Balaban J connectivity index is 0. The van der Waals surface area contributed by atoms with E-state index in [1.165, 1.54) is 32.7 Å². The zero-order valence-electron chi connectivity index (χ0n) is 17.3. The number of hydrogen-bond acceptors (Lipinski definition) is 0. The fourth-order valence-corrected chi connectivity index (χ4v) is 2.97. The average molecular weight is 407 g/mol. The van der Waals surface area contributed by atoms with Gasteiger partial charge < -0.3 is 20.6 Å². The maximum atomic E-state index is 6.94. The molecule has 1 unspecified atom stereocenters. The van der Waals surface area contributed by atoms with Crippen molar-refractivity contribution >= 4 is 38.6 Å². The fraction of sp³-hybridized carbons (Fsp3) is 0.250. The summed E-state index contributed by atoms with van der Waals surface area (Å²) in [7, 11) is 0. The van der Waals surface area contributed by atoms with E-state index in [1.807, 2.05) is 20.8 Å². The molecule has 0 spiro atoms. The molecule has 0 amide bonds. The van der Waals surface area contributed by atoms with E-state index in [0.29, 0.717) is 5.92 Å². The van der Waals surface area contributed by atoms with Crippen molar-refractivity contribution in [2.75, 3.05) is 0 Å². The van der Waals surface area contributed by atoms with Crippen molar-refractivity contribution in [1.29, 1.82) is 0 Å². The normalized spacial score (nSPS) is 13.9. The molecule has 0 bridgehead atoms. The molecule has 3 heteroatoms. The van der Waals surface area contributed by atoms with Gasteiger partial charge in [-0.15, -0.1) is 11.1 Å². The van der Waals surface area contributed by atoms with Gasteiger partial charge in [-0.2, -0.15) is 5.56 Å². The van der Waals surface area contributed by atoms with Gasteiger partial charge in [0.15, 0.2) is 0 Å². The fourth-order valence-electron chi connectivity index (χ4n) is 2.97. The van der Waals surface area contributed by atoms with Crippen molar-refractivity contribution in [1.82, 2.24) is 0 Å².